The number of aryl methyl sites for hydroxylation is 1. The zero-order valence-corrected chi connectivity index (χ0v) is 15.4. The topological polar surface area (TPSA) is 91.8 Å². The number of fused-ring (bicyclic) bond motifs is 1. The van der Waals surface area contributed by atoms with Gasteiger partial charge in [0.2, 0.25) is 0 Å². The molecule has 1 aliphatic rings. The summed E-state index contributed by atoms with van der Waals surface area (Å²) in [7, 11) is 0. The van der Waals surface area contributed by atoms with Crippen molar-refractivity contribution in [3.8, 4) is 0 Å². The van der Waals surface area contributed by atoms with Crippen molar-refractivity contribution < 1.29 is 24.3 Å². The summed E-state index contributed by atoms with van der Waals surface area (Å²) in [5.74, 6) is -2.36. The van der Waals surface area contributed by atoms with Crippen LogP contribution in [0.15, 0.2) is 66.7 Å². The van der Waals surface area contributed by atoms with E-state index < -0.39 is 17.8 Å². The number of imide groups is 1. The van der Waals surface area contributed by atoms with Crippen molar-refractivity contribution >= 4 is 29.3 Å². The van der Waals surface area contributed by atoms with Gasteiger partial charge in [0.05, 0.1) is 22.4 Å². The molecule has 1 N–H and O–H groups in total. The van der Waals surface area contributed by atoms with E-state index >= 15 is 0 Å². The molecule has 1 heterocycles. The van der Waals surface area contributed by atoms with Gasteiger partial charge < -0.3 is 5.11 Å². The summed E-state index contributed by atoms with van der Waals surface area (Å²) in [5, 5.41) is 8.97. The van der Waals surface area contributed by atoms with Crippen LogP contribution in [0.4, 0.5) is 5.69 Å². The van der Waals surface area contributed by atoms with Crippen LogP contribution < -0.4 is 4.90 Å². The van der Waals surface area contributed by atoms with Gasteiger partial charge in [0, 0.05) is 11.1 Å². The van der Waals surface area contributed by atoms with Crippen molar-refractivity contribution in [3.63, 3.8) is 0 Å². The summed E-state index contributed by atoms with van der Waals surface area (Å²) in [6.07, 6.45) is 0. The minimum absolute atomic E-state index is 0.0741. The molecule has 4 rings (SSSR count). The second-order valence-corrected chi connectivity index (χ2v) is 6.75. The predicted octanol–water partition coefficient (Wildman–Crippen LogP) is 3.72. The molecule has 1 aliphatic heterocycles. The first-order valence-electron chi connectivity index (χ1n) is 8.84. The standard InChI is InChI=1S/C23H15NO5/c1-13-2-9-17(10-3-13)24-21(26)18-11-8-16(12-19(18)22(24)27)20(25)14-4-6-15(7-5-14)23(28)29/h2-12H,1H3,(H,28,29). The van der Waals surface area contributed by atoms with Gasteiger partial charge in [-0.2, -0.15) is 0 Å². The third-order valence-electron chi connectivity index (χ3n) is 4.83. The number of aromatic carboxylic acids is 1. The molecule has 3 aromatic carbocycles. The van der Waals surface area contributed by atoms with Crippen LogP contribution in [0.5, 0.6) is 0 Å². The van der Waals surface area contributed by atoms with Crippen LogP contribution in [0, 0.1) is 6.92 Å². The number of hydrogen-bond donors (Lipinski definition) is 1. The van der Waals surface area contributed by atoms with Crippen LogP contribution in [-0.4, -0.2) is 28.7 Å². The Balaban J connectivity index is 1.67. The Bertz CT molecular complexity index is 1180. The number of carbonyl (C=O) groups excluding carboxylic acids is 3. The number of nitrogens with zero attached hydrogens (tertiary/aromatic N) is 1. The van der Waals surface area contributed by atoms with Gasteiger partial charge in [-0.25, -0.2) is 9.69 Å². The van der Waals surface area contributed by atoms with Gasteiger partial charge in [-0.15, -0.1) is 0 Å². The highest BCUT2D eigenvalue weighted by atomic mass is 16.4. The van der Waals surface area contributed by atoms with E-state index in [1.807, 2.05) is 19.1 Å². The number of amides is 2. The fourth-order valence-electron chi connectivity index (χ4n) is 3.24. The van der Waals surface area contributed by atoms with Crippen LogP contribution >= 0.6 is 0 Å². The molecule has 29 heavy (non-hydrogen) atoms. The lowest BCUT2D eigenvalue weighted by molar-refractivity contribution is 0.0695. The van der Waals surface area contributed by atoms with Crippen LogP contribution in [0.25, 0.3) is 0 Å². The number of ketones is 1. The first-order valence-corrected chi connectivity index (χ1v) is 8.84. The van der Waals surface area contributed by atoms with E-state index in [9.17, 15) is 19.2 Å². The van der Waals surface area contributed by atoms with E-state index in [-0.39, 0.29) is 28.0 Å². The number of carboxylic acids is 1. The Hall–Kier alpha value is -4.06. The fourth-order valence-corrected chi connectivity index (χ4v) is 3.24. The molecule has 0 saturated heterocycles. The van der Waals surface area contributed by atoms with Crippen molar-refractivity contribution in [2.75, 3.05) is 4.90 Å². The van der Waals surface area contributed by atoms with E-state index in [2.05, 4.69) is 0 Å². The molecule has 142 valence electrons. The molecule has 2 amide bonds. The van der Waals surface area contributed by atoms with Gasteiger partial charge >= 0.3 is 5.97 Å². The maximum Gasteiger partial charge on any atom is 0.335 e. The van der Waals surface area contributed by atoms with Crippen molar-refractivity contribution in [3.05, 3.63) is 100 Å². The van der Waals surface area contributed by atoms with Crippen LogP contribution in [0.3, 0.4) is 0 Å². The van der Waals surface area contributed by atoms with Crippen molar-refractivity contribution in [2.24, 2.45) is 0 Å². The molecule has 0 unspecified atom stereocenters. The first-order chi connectivity index (χ1) is 13.9. The number of hydrogen-bond acceptors (Lipinski definition) is 4. The molecule has 0 aliphatic carbocycles. The van der Waals surface area contributed by atoms with Gasteiger partial charge in [-0.05, 0) is 43.3 Å². The average molecular weight is 385 g/mol. The second-order valence-electron chi connectivity index (χ2n) is 6.75. The Morgan fingerprint density at radius 1 is 0.724 bits per heavy atom. The lowest BCUT2D eigenvalue weighted by atomic mass is 9.98. The van der Waals surface area contributed by atoms with Crippen LogP contribution in [0.2, 0.25) is 0 Å². The van der Waals surface area contributed by atoms with Crippen molar-refractivity contribution in [1.82, 2.24) is 0 Å². The maximum atomic E-state index is 12.9. The third kappa shape index (κ3) is 3.10. The smallest absolute Gasteiger partial charge is 0.335 e. The zero-order valence-electron chi connectivity index (χ0n) is 15.4. The lowest BCUT2D eigenvalue weighted by Gasteiger charge is -2.13. The highest BCUT2D eigenvalue weighted by Gasteiger charge is 2.37. The lowest BCUT2D eigenvalue weighted by Crippen LogP contribution is -2.29. The third-order valence-corrected chi connectivity index (χ3v) is 4.83. The van der Waals surface area contributed by atoms with E-state index in [0.717, 1.165) is 10.5 Å². The molecule has 0 radical (unpaired) electrons. The van der Waals surface area contributed by atoms with E-state index in [1.165, 1.54) is 42.5 Å². The van der Waals surface area contributed by atoms with Gasteiger partial charge in [-0.3, -0.25) is 14.4 Å². The fraction of sp³-hybridized carbons (Fsp3) is 0.0435. The molecular formula is C23H15NO5. The molecular weight excluding hydrogens is 370 g/mol. The van der Waals surface area contributed by atoms with Crippen LogP contribution in [0.1, 0.15) is 52.6 Å². The molecule has 3 aromatic rings. The second kappa shape index (κ2) is 6.83. The molecule has 0 spiro atoms. The normalized spacial score (nSPS) is 12.8. The predicted molar refractivity (Wildman–Crippen MR) is 106 cm³/mol. The summed E-state index contributed by atoms with van der Waals surface area (Å²) < 4.78 is 0. The molecule has 6 heteroatoms. The van der Waals surface area contributed by atoms with Crippen LogP contribution in [-0.2, 0) is 0 Å². The molecule has 0 atom stereocenters. The molecule has 0 bridgehead atoms. The summed E-state index contributed by atoms with van der Waals surface area (Å²) in [6.45, 7) is 1.91. The number of benzene rings is 3. The highest BCUT2D eigenvalue weighted by Crippen LogP contribution is 2.29. The number of carbonyl (C=O) groups is 4. The van der Waals surface area contributed by atoms with E-state index in [1.54, 1.807) is 12.1 Å². The average Bonchev–Trinajstić information content (AvgIpc) is 2.98. The summed E-state index contributed by atoms with van der Waals surface area (Å²) >= 11 is 0. The van der Waals surface area contributed by atoms with Gasteiger partial charge in [0.15, 0.2) is 5.78 Å². The Labute approximate surface area is 166 Å². The van der Waals surface area contributed by atoms with E-state index in [0.29, 0.717) is 11.3 Å². The summed E-state index contributed by atoms with van der Waals surface area (Å²) in [5.41, 5.74) is 2.51. The van der Waals surface area contributed by atoms with E-state index in [4.69, 9.17) is 5.11 Å². The van der Waals surface area contributed by atoms with Crippen molar-refractivity contribution in [2.45, 2.75) is 6.92 Å². The zero-order chi connectivity index (χ0) is 20.7. The first kappa shape index (κ1) is 18.3. The monoisotopic (exact) mass is 385 g/mol. The molecule has 0 saturated carbocycles. The minimum atomic E-state index is -1.08. The summed E-state index contributed by atoms with van der Waals surface area (Å²) in [4.78, 5) is 50.4. The van der Waals surface area contributed by atoms with Gasteiger partial charge in [0.1, 0.15) is 0 Å². The Morgan fingerprint density at radius 2 is 1.28 bits per heavy atom. The summed E-state index contributed by atoms with van der Waals surface area (Å²) in [6, 6.07) is 16.9. The largest absolute Gasteiger partial charge is 0.478 e. The molecule has 0 aromatic heterocycles. The molecule has 0 fully saturated rings. The SMILES string of the molecule is Cc1ccc(N2C(=O)c3ccc(C(=O)c4ccc(C(=O)O)cc4)cc3C2=O)cc1. The molecule has 6 nitrogen and oxygen atoms in total. The van der Waals surface area contributed by atoms with Crippen molar-refractivity contribution in [1.29, 1.82) is 0 Å². The highest BCUT2D eigenvalue weighted by molar-refractivity contribution is 6.34. The Kier molecular flexibility index (Phi) is 4.31. The maximum absolute atomic E-state index is 12.9. The number of carboxylic acid groups (broad SMARTS) is 1. The van der Waals surface area contributed by atoms with Gasteiger partial charge in [-0.1, -0.05) is 35.9 Å². The quantitative estimate of drug-likeness (QED) is 0.546. The Morgan fingerprint density at radius 3 is 1.90 bits per heavy atom. The number of rotatable bonds is 4. The van der Waals surface area contributed by atoms with Gasteiger partial charge in [0.25, 0.3) is 11.8 Å². The number of anilines is 1. The minimum Gasteiger partial charge on any atom is -0.478 e.